The standard InChI is InChI=1S/C24H28N2O4/c27-23-21-11-20(30-25(21)13-17-7-3-1-4-8-17)12-24(23)22-19(15-28-24)16-29-26(22)14-18-9-5-2-6-10-18/h1-10,19-23,27H,11-16H2/t19-,20+,21-,22+,23+,24-/m0/s1. The molecular weight excluding hydrogens is 380 g/mol. The summed E-state index contributed by atoms with van der Waals surface area (Å²) in [6.07, 6.45) is 0.997. The van der Waals surface area contributed by atoms with E-state index in [1.165, 1.54) is 11.1 Å². The summed E-state index contributed by atoms with van der Waals surface area (Å²) < 4.78 is 6.43. The largest absolute Gasteiger partial charge is 0.388 e. The minimum atomic E-state index is -0.644. The number of aliphatic hydroxyl groups is 1. The zero-order valence-corrected chi connectivity index (χ0v) is 17.0. The maximum atomic E-state index is 11.6. The fourth-order valence-corrected chi connectivity index (χ4v) is 5.90. The lowest BCUT2D eigenvalue weighted by Crippen LogP contribution is -2.63. The van der Waals surface area contributed by atoms with E-state index >= 15 is 0 Å². The minimum Gasteiger partial charge on any atom is -0.388 e. The van der Waals surface area contributed by atoms with Gasteiger partial charge in [-0.15, -0.1) is 0 Å². The Balaban J connectivity index is 1.25. The van der Waals surface area contributed by atoms with E-state index in [4.69, 9.17) is 14.4 Å². The van der Waals surface area contributed by atoms with E-state index in [9.17, 15) is 5.11 Å². The van der Waals surface area contributed by atoms with Crippen molar-refractivity contribution in [3.05, 3.63) is 71.8 Å². The number of ether oxygens (including phenoxy) is 1. The average molecular weight is 408 g/mol. The van der Waals surface area contributed by atoms with E-state index in [-0.39, 0.29) is 24.1 Å². The van der Waals surface area contributed by atoms with Gasteiger partial charge in [0, 0.05) is 25.4 Å². The van der Waals surface area contributed by atoms with Crippen molar-refractivity contribution in [1.29, 1.82) is 0 Å². The van der Waals surface area contributed by atoms with Gasteiger partial charge in [0.1, 0.15) is 11.7 Å². The van der Waals surface area contributed by atoms with Crippen molar-refractivity contribution in [3.63, 3.8) is 0 Å². The molecule has 0 amide bonds. The van der Waals surface area contributed by atoms with Crippen LogP contribution in [0.5, 0.6) is 0 Å². The average Bonchev–Trinajstić information content (AvgIpc) is 3.44. The smallest absolute Gasteiger partial charge is 0.116 e. The molecule has 158 valence electrons. The third-order valence-corrected chi connectivity index (χ3v) is 7.21. The number of hydroxylamine groups is 4. The summed E-state index contributed by atoms with van der Waals surface area (Å²) in [5.74, 6) is 0.281. The van der Waals surface area contributed by atoms with Crippen LogP contribution in [0, 0.1) is 5.92 Å². The molecule has 2 bridgehead atoms. The van der Waals surface area contributed by atoms with Crippen LogP contribution in [0.15, 0.2) is 60.7 Å². The second-order valence-electron chi connectivity index (χ2n) is 9.07. The first-order valence-electron chi connectivity index (χ1n) is 11.0. The van der Waals surface area contributed by atoms with Crippen molar-refractivity contribution >= 4 is 0 Å². The van der Waals surface area contributed by atoms with Crippen LogP contribution in [-0.2, 0) is 27.5 Å². The van der Waals surface area contributed by atoms with Gasteiger partial charge in [-0.25, -0.2) is 0 Å². The lowest BCUT2D eigenvalue weighted by Gasteiger charge is -2.45. The van der Waals surface area contributed by atoms with Gasteiger partial charge in [0.05, 0.1) is 31.4 Å². The Morgan fingerprint density at radius 2 is 1.57 bits per heavy atom. The highest BCUT2D eigenvalue weighted by molar-refractivity contribution is 5.19. The SMILES string of the molecule is O[C@@H]1[C@@H]2C[C@H](C[C@@]13OC[C@H]1CON(Cc4ccccc4)[C@H]13)ON2Cc1ccccc1. The van der Waals surface area contributed by atoms with Crippen LogP contribution >= 0.6 is 0 Å². The molecule has 4 aliphatic rings. The molecule has 6 nitrogen and oxygen atoms in total. The van der Waals surface area contributed by atoms with E-state index < -0.39 is 11.7 Å². The first-order chi connectivity index (χ1) is 14.7. The van der Waals surface area contributed by atoms with Crippen molar-refractivity contribution in [2.75, 3.05) is 13.2 Å². The van der Waals surface area contributed by atoms with Crippen LogP contribution in [0.25, 0.3) is 0 Å². The van der Waals surface area contributed by atoms with Crippen LogP contribution in [0.4, 0.5) is 0 Å². The van der Waals surface area contributed by atoms with Gasteiger partial charge in [-0.05, 0) is 17.5 Å². The predicted molar refractivity (Wildman–Crippen MR) is 110 cm³/mol. The highest BCUT2D eigenvalue weighted by Crippen LogP contribution is 2.51. The minimum absolute atomic E-state index is 0.0401. The number of nitrogens with zero attached hydrogens (tertiary/aromatic N) is 2. The summed E-state index contributed by atoms with van der Waals surface area (Å²) in [5.41, 5.74) is 1.75. The quantitative estimate of drug-likeness (QED) is 0.839. The number of fused-ring (bicyclic) bond motifs is 4. The molecule has 0 aromatic heterocycles. The number of benzene rings is 2. The van der Waals surface area contributed by atoms with Gasteiger partial charge in [-0.2, -0.15) is 10.1 Å². The fourth-order valence-electron chi connectivity index (χ4n) is 5.90. The van der Waals surface area contributed by atoms with Crippen molar-refractivity contribution in [3.8, 4) is 0 Å². The Bertz CT molecular complexity index is 881. The molecule has 3 aliphatic heterocycles. The molecule has 0 radical (unpaired) electrons. The summed E-state index contributed by atoms with van der Waals surface area (Å²) in [4.78, 5) is 12.4. The molecule has 4 fully saturated rings. The fraction of sp³-hybridized carbons (Fsp3) is 0.500. The summed E-state index contributed by atoms with van der Waals surface area (Å²) in [5, 5.41) is 15.6. The Morgan fingerprint density at radius 1 is 0.900 bits per heavy atom. The zero-order valence-electron chi connectivity index (χ0n) is 17.0. The van der Waals surface area contributed by atoms with Crippen LogP contribution in [-0.4, -0.2) is 58.3 Å². The molecule has 1 spiro atoms. The van der Waals surface area contributed by atoms with Crippen LogP contribution in [0.2, 0.25) is 0 Å². The molecule has 1 N–H and O–H groups in total. The van der Waals surface area contributed by atoms with Gasteiger partial charge in [-0.1, -0.05) is 60.7 Å². The maximum absolute atomic E-state index is 11.6. The molecule has 3 heterocycles. The molecule has 2 aromatic carbocycles. The second kappa shape index (κ2) is 7.41. The van der Waals surface area contributed by atoms with E-state index in [2.05, 4.69) is 41.5 Å². The van der Waals surface area contributed by atoms with Crippen molar-refractivity contribution in [2.45, 2.75) is 55.8 Å². The summed E-state index contributed by atoms with van der Waals surface area (Å²) in [6.45, 7) is 2.65. The molecule has 1 aliphatic carbocycles. The maximum Gasteiger partial charge on any atom is 0.116 e. The summed E-state index contributed by atoms with van der Waals surface area (Å²) in [7, 11) is 0. The first-order valence-corrected chi connectivity index (χ1v) is 11.0. The molecule has 6 atom stereocenters. The summed E-state index contributed by atoms with van der Waals surface area (Å²) >= 11 is 0. The zero-order chi connectivity index (χ0) is 20.1. The predicted octanol–water partition coefficient (Wildman–Crippen LogP) is 2.53. The van der Waals surface area contributed by atoms with Crippen molar-refractivity contribution < 1.29 is 19.5 Å². The van der Waals surface area contributed by atoms with Crippen molar-refractivity contribution in [1.82, 2.24) is 10.1 Å². The molecule has 6 heteroatoms. The van der Waals surface area contributed by atoms with E-state index in [0.717, 1.165) is 6.42 Å². The van der Waals surface area contributed by atoms with Gasteiger partial charge < -0.3 is 9.84 Å². The van der Waals surface area contributed by atoms with Crippen LogP contribution in [0.3, 0.4) is 0 Å². The Kier molecular flexibility index (Phi) is 4.67. The van der Waals surface area contributed by atoms with E-state index in [1.807, 2.05) is 29.3 Å². The third kappa shape index (κ3) is 3.02. The number of hydrogen-bond donors (Lipinski definition) is 1. The molecular formula is C24H28N2O4. The van der Waals surface area contributed by atoms with Gasteiger partial charge in [0.15, 0.2) is 0 Å². The lowest BCUT2D eigenvalue weighted by molar-refractivity contribution is -0.218. The molecule has 1 saturated carbocycles. The second-order valence-corrected chi connectivity index (χ2v) is 9.07. The Labute approximate surface area is 176 Å². The number of rotatable bonds is 4. The van der Waals surface area contributed by atoms with Gasteiger partial charge >= 0.3 is 0 Å². The molecule has 6 rings (SSSR count). The van der Waals surface area contributed by atoms with Crippen LogP contribution < -0.4 is 0 Å². The number of aliphatic hydroxyl groups excluding tert-OH is 1. The monoisotopic (exact) mass is 408 g/mol. The van der Waals surface area contributed by atoms with Crippen LogP contribution in [0.1, 0.15) is 24.0 Å². The molecule has 3 saturated heterocycles. The Morgan fingerprint density at radius 3 is 2.27 bits per heavy atom. The molecule has 2 aromatic rings. The normalized spacial score (nSPS) is 38.4. The van der Waals surface area contributed by atoms with Gasteiger partial charge in [0.2, 0.25) is 0 Å². The van der Waals surface area contributed by atoms with Gasteiger partial charge in [-0.3, -0.25) is 9.68 Å². The molecule has 0 unspecified atom stereocenters. The van der Waals surface area contributed by atoms with Gasteiger partial charge in [0.25, 0.3) is 0 Å². The number of hydrogen-bond acceptors (Lipinski definition) is 6. The molecule has 30 heavy (non-hydrogen) atoms. The Hall–Kier alpha value is -1.80. The van der Waals surface area contributed by atoms with Crippen molar-refractivity contribution in [2.24, 2.45) is 5.92 Å². The van der Waals surface area contributed by atoms with E-state index in [1.54, 1.807) is 0 Å². The summed E-state index contributed by atoms with van der Waals surface area (Å²) in [6, 6.07) is 20.6. The van der Waals surface area contributed by atoms with E-state index in [0.29, 0.717) is 32.7 Å². The first kappa shape index (κ1) is 18.9. The third-order valence-electron chi connectivity index (χ3n) is 7.21. The highest BCUT2D eigenvalue weighted by Gasteiger charge is 2.66. The topological polar surface area (TPSA) is 54.4 Å². The highest BCUT2D eigenvalue weighted by atomic mass is 16.7. The lowest BCUT2D eigenvalue weighted by atomic mass is 9.72.